The second kappa shape index (κ2) is 7.46. The quantitative estimate of drug-likeness (QED) is 0.790. The second-order valence-corrected chi connectivity index (χ2v) is 6.72. The minimum absolute atomic E-state index is 0.226. The molecule has 1 aliphatic rings. The first-order chi connectivity index (χ1) is 8.40. The van der Waals surface area contributed by atoms with Gasteiger partial charge in [-0.1, -0.05) is 6.92 Å². The summed E-state index contributed by atoms with van der Waals surface area (Å²) in [6.45, 7) is 16.6. The van der Waals surface area contributed by atoms with Gasteiger partial charge in [-0.3, -0.25) is 0 Å². The van der Waals surface area contributed by atoms with Crippen LogP contribution in [-0.2, 0) is 4.74 Å². The lowest BCUT2D eigenvalue weighted by Crippen LogP contribution is -2.45. The molecule has 1 aliphatic heterocycles. The molecule has 0 bridgehead atoms. The van der Waals surface area contributed by atoms with Crippen LogP contribution in [0.2, 0.25) is 0 Å². The number of hydrogen-bond donors (Lipinski definition) is 1. The largest absolute Gasteiger partial charge is 0.377 e. The van der Waals surface area contributed by atoms with Gasteiger partial charge in [0, 0.05) is 25.2 Å². The molecule has 1 rings (SSSR count). The van der Waals surface area contributed by atoms with Crippen molar-refractivity contribution < 1.29 is 4.74 Å². The van der Waals surface area contributed by atoms with Crippen LogP contribution in [0, 0.1) is 5.92 Å². The monoisotopic (exact) mass is 256 g/mol. The van der Waals surface area contributed by atoms with Crippen LogP contribution >= 0.6 is 0 Å². The first-order valence-corrected chi connectivity index (χ1v) is 7.49. The Morgan fingerprint density at radius 3 is 2.72 bits per heavy atom. The second-order valence-electron chi connectivity index (χ2n) is 6.72. The summed E-state index contributed by atoms with van der Waals surface area (Å²) in [6.07, 6.45) is 2.98. The first-order valence-electron chi connectivity index (χ1n) is 7.49. The van der Waals surface area contributed by atoms with E-state index in [0.29, 0.717) is 12.0 Å². The molecule has 1 N–H and O–H groups in total. The number of likely N-dealkylation sites (tertiary alicyclic amines) is 1. The zero-order valence-electron chi connectivity index (χ0n) is 13.0. The molecule has 0 aromatic rings. The molecule has 3 nitrogen and oxygen atoms in total. The number of hydrogen-bond acceptors (Lipinski definition) is 3. The number of nitrogens with one attached hydrogen (secondary N) is 1. The van der Waals surface area contributed by atoms with E-state index in [4.69, 9.17) is 4.74 Å². The molecular weight excluding hydrogens is 224 g/mol. The fraction of sp³-hybridized carbons (Fsp3) is 1.00. The van der Waals surface area contributed by atoms with Crippen molar-refractivity contribution in [1.29, 1.82) is 0 Å². The molecule has 18 heavy (non-hydrogen) atoms. The molecule has 0 aromatic heterocycles. The molecule has 0 spiro atoms. The molecule has 1 fully saturated rings. The van der Waals surface area contributed by atoms with E-state index in [0.717, 1.165) is 19.7 Å². The Hall–Kier alpha value is -0.120. The lowest BCUT2D eigenvalue weighted by molar-refractivity contribution is 0.00233. The number of piperidine rings is 1. The molecule has 0 amide bonds. The summed E-state index contributed by atoms with van der Waals surface area (Å²) in [6, 6.07) is 0. The maximum atomic E-state index is 5.75. The molecule has 2 atom stereocenters. The van der Waals surface area contributed by atoms with E-state index in [1.807, 2.05) is 0 Å². The van der Waals surface area contributed by atoms with Gasteiger partial charge in [0.05, 0.1) is 6.10 Å². The van der Waals surface area contributed by atoms with Crippen molar-refractivity contribution in [3.63, 3.8) is 0 Å². The lowest BCUT2D eigenvalue weighted by atomic mass is 10.0. The highest BCUT2D eigenvalue weighted by Gasteiger charge is 2.21. The molecular formula is C15H32N2O. The van der Waals surface area contributed by atoms with Gasteiger partial charge in [-0.25, -0.2) is 0 Å². The van der Waals surface area contributed by atoms with Gasteiger partial charge in [-0.15, -0.1) is 0 Å². The van der Waals surface area contributed by atoms with E-state index in [-0.39, 0.29) is 5.54 Å². The van der Waals surface area contributed by atoms with Crippen LogP contribution in [0.15, 0.2) is 0 Å². The van der Waals surface area contributed by atoms with Gasteiger partial charge in [0.25, 0.3) is 0 Å². The Labute approximate surface area is 113 Å². The van der Waals surface area contributed by atoms with Gasteiger partial charge in [0.1, 0.15) is 0 Å². The average Bonchev–Trinajstić information content (AvgIpc) is 2.26. The minimum atomic E-state index is 0.226. The molecule has 3 heteroatoms. The van der Waals surface area contributed by atoms with Gasteiger partial charge >= 0.3 is 0 Å². The summed E-state index contributed by atoms with van der Waals surface area (Å²) in [5.41, 5.74) is 0.226. The standard InChI is InChI=1S/C15H32N2O/c1-6-18-14-8-7-9-17(12-14)11-13(2)10-16-15(3,4)5/h13-14,16H,6-12H2,1-5H3. The summed E-state index contributed by atoms with van der Waals surface area (Å²) in [4.78, 5) is 2.57. The summed E-state index contributed by atoms with van der Waals surface area (Å²) >= 11 is 0. The predicted octanol–water partition coefficient (Wildman–Crippen LogP) is 2.51. The highest BCUT2D eigenvalue weighted by atomic mass is 16.5. The normalized spacial score (nSPS) is 24.2. The van der Waals surface area contributed by atoms with Crippen molar-refractivity contribution in [3.05, 3.63) is 0 Å². The summed E-state index contributed by atoms with van der Waals surface area (Å²) in [5.74, 6) is 0.699. The SMILES string of the molecule is CCOC1CCCN(CC(C)CNC(C)(C)C)C1. The van der Waals surface area contributed by atoms with Crippen LogP contribution in [0.25, 0.3) is 0 Å². The maximum absolute atomic E-state index is 5.75. The molecule has 108 valence electrons. The smallest absolute Gasteiger partial charge is 0.0702 e. The van der Waals surface area contributed by atoms with E-state index < -0.39 is 0 Å². The Kier molecular flexibility index (Phi) is 6.61. The maximum Gasteiger partial charge on any atom is 0.0702 e. The van der Waals surface area contributed by atoms with Crippen LogP contribution in [-0.4, -0.2) is 49.3 Å². The fourth-order valence-corrected chi connectivity index (χ4v) is 2.54. The van der Waals surface area contributed by atoms with Crippen LogP contribution < -0.4 is 5.32 Å². The zero-order chi connectivity index (χ0) is 13.6. The van der Waals surface area contributed by atoms with Crippen molar-refractivity contribution >= 4 is 0 Å². The van der Waals surface area contributed by atoms with Crippen molar-refractivity contribution in [3.8, 4) is 0 Å². The van der Waals surface area contributed by atoms with Gasteiger partial charge in [-0.2, -0.15) is 0 Å². The molecule has 2 unspecified atom stereocenters. The van der Waals surface area contributed by atoms with E-state index >= 15 is 0 Å². The van der Waals surface area contributed by atoms with Crippen molar-refractivity contribution in [1.82, 2.24) is 10.2 Å². The lowest BCUT2D eigenvalue weighted by Gasteiger charge is -2.34. The van der Waals surface area contributed by atoms with Crippen LogP contribution in [0.1, 0.15) is 47.5 Å². The number of nitrogens with zero attached hydrogens (tertiary/aromatic N) is 1. The van der Waals surface area contributed by atoms with Crippen molar-refractivity contribution in [2.45, 2.75) is 59.1 Å². The average molecular weight is 256 g/mol. The first kappa shape index (κ1) is 15.9. The molecule has 0 saturated carbocycles. The Morgan fingerprint density at radius 1 is 1.39 bits per heavy atom. The van der Waals surface area contributed by atoms with E-state index in [1.54, 1.807) is 0 Å². The highest BCUT2D eigenvalue weighted by Crippen LogP contribution is 2.14. The molecule has 0 aliphatic carbocycles. The summed E-state index contributed by atoms with van der Waals surface area (Å²) in [5, 5.41) is 3.59. The molecule has 1 saturated heterocycles. The Morgan fingerprint density at radius 2 is 2.11 bits per heavy atom. The van der Waals surface area contributed by atoms with E-state index in [9.17, 15) is 0 Å². The summed E-state index contributed by atoms with van der Waals surface area (Å²) in [7, 11) is 0. The van der Waals surface area contributed by atoms with Crippen LogP contribution in [0.4, 0.5) is 0 Å². The highest BCUT2D eigenvalue weighted by molar-refractivity contribution is 4.77. The number of ether oxygens (including phenoxy) is 1. The molecule has 0 aromatic carbocycles. The Bertz CT molecular complexity index is 223. The van der Waals surface area contributed by atoms with Gasteiger partial charge in [-0.05, 0) is 59.5 Å². The van der Waals surface area contributed by atoms with Gasteiger partial charge in [0.2, 0.25) is 0 Å². The van der Waals surface area contributed by atoms with Crippen LogP contribution in [0.5, 0.6) is 0 Å². The van der Waals surface area contributed by atoms with Crippen LogP contribution in [0.3, 0.4) is 0 Å². The zero-order valence-corrected chi connectivity index (χ0v) is 13.0. The Balaban J connectivity index is 2.24. The van der Waals surface area contributed by atoms with Crippen molar-refractivity contribution in [2.75, 3.05) is 32.8 Å². The predicted molar refractivity (Wildman–Crippen MR) is 78.0 cm³/mol. The van der Waals surface area contributed by atoms with Gasteiger partial charge < -0.3 is 15.0 Å². The third-order valence-corrected chi connectivity index (χ3v) is 3.42. The minimum Gasteiger partial charge on any atom is -0.377 e. The fourth-order valence-electron chi connectivity index (χ4n) is 2.54. The number of rotatable bonds is 6. The van der Waals surface area contributed by atoms with E-state index in [2.05, 4.69) is 44.8 Å². The topological polar surface area (TPSA) is 24.5 Å². The third-order valence-electron chi connectivity index (χ3n) is 3.42. The van der Waals surface area contributed by atoms with Gasteiger partial charge in [0.15, 0.2) is 0 Å². The third kappa shape index (κ3) is 6.72. The molecule has 0 radical (unpaired) electrons. The van der Waals surface area contributed by atoms with E-state index in [1.165, 1.54) is 25.9 Å². The summed E-state index contributed by atoms with van der Waals surface area (Å²) < 4.78 is 5.75. The molecule has 1 heterocycles. The van der Waals surface area contributed by atoms with Crippen molar-refractivity contribution in [2.24, 2.45) is 5.92 Å².